The molecule has 1 atom stereocenters. The Morgan fingerprint density at radius 2 is 1.92 bits per heavy atom. The fraction of sp³-hybridized carbons (Fsp3) is 0.900. The zero-order valence-electron chi connectivity index (χ0n) is 7.91. The normalized spacial score (nSPS) is 21.3. The third kappa shape index (κ3) is 4.27. The van der Waals surface area contributed by atoms with Crippen LogP contribution < -0.4 is 0 Å². The summed E-state index contributed by atoms with van der Waals surface area (Å²) < 4.78 is 0. The van der Waals surface area contributed by atoms with Crippen molar-refractivity contribution in [2.45, 2.75) is 51.0 Å². The van der Waals surface area contributed by atoms with Crippen molar-refractivity contribution < 1.29 is 15.0 Å². The molecule has 0 spiro atoms. The van der Waals surface area contributed by atoms with Gasteiger partial charge in [0, 0.05) is 0 Å². The number of carboxylic acid groups (broad SMARTS) is 1. The second-order valence-corrected chi connectivity index (χ2v) is 3.99. The number of aliphatic hydroxyl groups is 1. The lowest BCUT2D eigenvalue weighted by molar-refractivity contribution is -0.139. The summed E-state index contributed by atoms with van der Waals surface area (Å²) in [6.45, 7) is 0. The van der Waals surface area contributed by atoms with Crippen LogP contribution in [0.5, 0.6) is 0 Å². The summed E-state index contributed by atoms with van der Waals surface area (Å²) >= 11 is 0. The first kappa shape index (κ1) is 10.5. The minimum absolute atomic E-state index is 0.101. The molecule has 1 aliphatic carbocycles. The Hall–Kier alpha value is -0.570. The van der Waals surface area contributed by atoms with E-state index in [0.717, 1.165) is 12.8 Å². The highest BCUT2D eigenvalue weighted by Gasteiger charge is 2.18. The van der Waals surface area contributed by atoms with Crippen LogP contribution in [0.1, 0.15) is 44.9 Å². The van der Waals surface area contributed by atoms with Gasteiger partial charge in [-0.1, -0.05) is 32.1 Å². The predicted molar refractivity (Wildman–Crippen MR) is 49.5 cm³/mol. The minimum atomic E-state index is -0.900. The Bertz CT molecular complexity index is 162. The number of rotatable bonds is 4. The van der Waals surface area contributed by atoms with E-state index in [-0.39, 0.29) is 6.42 Å². The summed E-state index contributed by atoms with van der Waals surface area (Å²) in [6.07, 6.45) is 6.04. The highest BCUT2D eigenvalue weighted by Crippen LogP contribution is 2.27. The maximum Gasteiger partial charge on any atom is 0.305 e. The van der Waals surface area contributed by atoms with E-state index in [1.54, 1.807) is 0 Å². The summed E-state index contributed by atoms with van der Waals surface area (Å²) in [5.41, 5.74) is 0. The summed E-state index contributed by atoms with van der Waals surface area (Å²) in [5, 5.41) is 17.8. The molecule has 1 rings (SSSR count). The molecule has 0 heterocycles. The Morgan fingerprint density at radius 3 is 2.46 bits per heavy atom. The molecule has 76 valence electrons. The average molecular weight is 186 g/mol. The largest absolute Gasteiger partial charge is 0.481 e. The van der Waals surface area contributed by atoms with Gasteiger partial charge in [-0.05, 0) is 12.3 Å². The van der Waals surface area contributed by atoms with Crippen molar-refractivity contribution >= 4 is 5.97 Å². The van der Waals surface area contributed by atoms with Crippen LogP contribution in [-0.4, -0.2) is 22.3 Å². The van der Waals surface area contributed by atoms with Crippen LogP contribution >= 0.6 is 0 Å². The molecule has 1 fully saturated rings. The van der Waals surface area contributed by atoms with Gasteiger partial charge in [0.2, 0.25) is 0 Å². The zero-order chi connectivity index (χ0) is 9.68. The van der Waals surface area contributed by atoms with Crippen LogP contribution in [-0.2, 0) is 4.79 Å². The van der Waals surface area contributed by atoms with Crippen molar-refractivity contribution in [1.82, 2.24) is 0 Å². The van der Waals surface area contributed by atoms with Crippen molar-refractivity contribution in [3.05, 3.63) is 0 Å². The number of aliphatic hydroxyl groups excluding tert-OH is 1. The van der Waals surface area contributed by atoms with E-state index in [1.165, 1.54) is 19.3 Å². The number of hydrogen-bond donors (Lipinski definition) is 2. The van der Waals surface area contributed by atoms with Gasteiger partial charge in [-0.3, -0.25) is 4.79 Å². The van der Waals surface area contributed by atoms with Gasteiger partial charge in [0.1, 0.15) is 0 Å². The molecule has 0 radical (unpaired) electrons. The molecule has 13 heavy (non-hydrogen) atoms. The van der Waals surface area contributed by atoms with Gasteiger partial charge in [0.05, 0.1) is 12.5 Å². The molecule has 0 aromatic rings. The zero-order valence-corrected chi connectivity index (χ0v) is 7.91. The van der Waals surface area contributed by atoms with Gasteiger partial charge in [-0.2, -0.15) is 0 Å². The SMILES string of the molecule is O=C(O)CC(O)CC1CCCCC1. The Balaban J connectivity index is 2.18. The maximum absolute atomic E-state index is 10.3. The molecular weight excluding hydrogens is 168 g/mol. The van der Waals surface area contributed by atoms with Crippen LogP contribution in [0.3, 0.4) is 0 Å². The third-order valence-corrected chi connectivity index (χ3v) is 2.74. The molecule has 0 amide bonds. The molecule has 1 saturated carbocycles. The van der Waals surface area contributed by atoms with Crippen molar-refractivity contribution in [2.75, 3.05) is 0 Å². The van der Waals surface area contributed by atoms with Crippen molar-refractivity contribution in [3.8, 4) is 0 Å². The van der Waals surface area contributed by atoms with Gasteiger partial charge in [-0.15, -0.1) is 0 Å². The topological polar surface area (TPSA) is 57.5 Å². The van der Waals surface area contributed by atoms with Crippen LogP contribution in [0.15, 0.2) is 0 Å². The lowest BCUT2D eigenvalue weighted by atomic mass is 9.85. The number of carbonyl (C=O) groups is 1. The fourth-order valence-corrected chi connectivity index (χ4v) is 2.09. The van der Waals surface area contributed by atoms with Crippen molar-refractivity contribution in [2.24, 2.45) is 5.92 Å². The first-order chi connectivity index (χ1) is 6.18. The molecule has 0 saturated heterocycles. The molecule has 0 aromatic carbocycles. The molecule has 1 unspecified atom stereocenters. The molecule has 0 aliphatic heterocycles. The van der Waals surface area contributed by atoms with E-state index in [4.69, 9.17) is 5.11 Å². The van der Waals surface area contributed by atoms with E-state index in [2.05, 4.69) is 0 Å². The van der Waals surface area contributed by atoms with Gasteiger partial charge in [0.25, 0.3) is 0 Å². The minimum Gasteiger partial charge on any atom is -0.481 e. The van der Waals surface area contributed by atoms with Crippen molar-refractivity contribution in [1.29, 1.82) is 0 Å². The second-order valence-electron chi connectivity index (χ2n) is 3.99. The molecule has 2 N–H and O–H groups in total. The van der Waals surface area contributed by atoms with E-state index >= 15 is 0 Å². The smallest absolute Gasteiger partial charge is 0.305 e. The van der Waals surface area contributed by atoms with Crippen molar-refractivity contribution in [3.63, 3.8) is 0 Å². The predicted octanol–water partition coefficient (Wildman–Crippen LogP) is 1.79. The fourth-order valence-electron chi connectivity index (χ4n) is 2.09. The van der Waals surface area contributed by atoms with Gasteiger partial charge in [0.15, 0.2) is 0 Å². The number of carboxylic acids is 1. The number of aliphatic carboxylic acids is 1. The Morgan fingerprint density at radius 1 is 1.31 bits per heavy atom. The van der Waals surface area contributed by atoms with E-state index in [1.807, 2.05) is 0 Å². The molecular formula is C10H18O3. The highest BCUT2D eigenvalue weighted by atomic mass is 16.4. The van der Waals surface area contributed by atoms with E-state index in [9.17, 15) is 9.90 Å². The average Bonchev–Trinajstić information content (AvgIpc) is 2.04. The first-order valence-corrected chi connectivity index (χ1v) is 5.08. The lowest BCUT2D eigenvalue weighted by Crippen LogP contribution is -2.19. The quantitative estimate of drug-likeness (QED) is 0.703. The highest BCUT2D eigenvalue weighted by molar-refractivity contribution is 5.67. The van der Waals surface area contributed by atoms with Gasteiger partial charge < -0.3 is 10.2 Å². The van der Waals surface area contributed by atoms with E-state index in [0.29, 0.717) is 12.3 Å². The van der Waals surface area contributed by atoms with Crippen LogP contribution in [0.25, 0.3) is 0 Å². The van der Waals surface area contributed by atoms with Crippen LogP contribution in [0.2, 0.25) is 0 Å². The van der Waals surface area contributed by atoms with Gasteiger partial charge in [-0.25, -0.2) is 0 Å². The molecule has 3 nitrogen and oxygen atoms in total. The Kier molecular flexibility index (Phi) is 4.22. The summed E-state index contributed by atoms with van der Waals surface area (Å²) in [5.74, 6) is -0.341. The summed E-state index contributed by atoms with van der Waals surface area (Å²) in [4.78, 5) is 10.3. The number of hydrogen-bond acceptors (Lipinski definition) is 2. The van der Waals surface area contributed by atoms with E-state index < -0.39 is 12.1 Å². The molecule has 0 aromatic heterocycles. The Labute approximate surface area is 78.8 Å². The molecule has 1 aliphatic rings. The monoisotopic (exact) mass is 186 g/mol. The lowest BCUT2D eigenvalue weighted by Gasteiger charge is -2.23. The first-order valence-electron chi connectivity index (χ1n) is 5.08. The molecule has 3 heteroatoms. The molecule has 0 bridgehead atoms. The standard InChI is InChI=1S/C10H18O3/c11-9(7-10(12)13)6-8-4-2-1-3-5-8/h8-9,11H,1-7H2,(H,12,13). The van der Waals surface area contributed by atoms with Crippen LogP contribution in [0.4, 0.5) is 0 Å². The second kappa shape index (κ2) is 5.22. The van der Waals surface area contributed by atoms with Crippen LogP contribution in [0, 0.1) is 5.92 Å². The summed E-state index contributed by atoms with van der Waals surface area (Å²) in [6, 6.07) is 0. The third-order valence-electron chi connectivity index (χ3n) is 2.74. The van der Waals surface area contributed by atoms with Gasteiger partial charge >= 0.3 is 5.97 Å². The maximum atomic E-state index is 10.3. The summed E-state index contributed by atoms with van der Waals surface area (Å²) in [7, 11) is 0.